The lowest BCUT2D eigenvalue weighted by Gasteiger charge is -2.06. The summed E-state index contributed by atoms with van der Waals surface area (Å²) in [5.74, 6) is -1.93. The van der Waals surface area contributed by atoms with Gasteiger partial charge in [-0.3, -0.25) is 4.79 Å². The van der Waals surface area contributed by atoms with Crippen molar-refractivity contribution in [2.24, 2.45) is 0 Å². The minimum absolute atomic E-state index is 0.0720. The third kappa shape index (κ3) is 4.53. The Bertz CT molecular complexity index is 649. The predicted molar refractivity (Wildman–Crippen MR) is 76.7 cm³/mol. The molecular formula is C15H12F3NOS. The lowest BCUT2D eigenvalue weighted by atomic mass is 10.3. The Labute approximate surface area is 124 Å². The van der Waals surface area contributed by atoms with Crippen LogP contribution in [0, 0.1) is 17.5 Å². The lowest BCUT2D eigenvalue weighted by Crippen LogP contribution is -2.13. The maximum atomic E-state index is 13.3. The Morgan fingerprint density at radius 1 is 1.05 bits per heavy atom. The van der Waals surface area contributed by atoms with Gasteiger partial charge >= 0.3 is 0 Å². The summed E-state index contributed by atoms with van der Waals surface area (Å²) >= 11 is 1.20. The summed E-state index contributed by atoms with van der Waals surface area (Å²) in [7, 11) is 0. The Balaban J connectivity index is 1.84. The van der Waals surface area contributed by atoms with Gasteiger partial charge in [-0.2, -0.15) is 0 Å². The van der Waals surface area contributed by atoms with Gasteiger partial charge < -0.3 is 5.32 Å². The molecule has 0 aliphatic carbocycles. The second-order valence-electron chi connectivity index (χ2n) is 4.20. The van der Waals surface area contributed by atoms with Crippen molar-refractivity contribution >= 4 is 23.4 Å². The predicted octanol–water partition coefficient (Wildman–Crippen LogP) is 4.22. The number of carbonyl (C=O) groups excluding carboxylic acids is 1. The highest BCUT2D eigenvalue weighted by atomic mass is 32.2. The summed E-state index contributed by atoms with van der Waals surface area (Å²) in [6, 6.07) is 9.18. The molecule has 0 aliphatic rings. The SMILES string of the molecule is O=C(CCSc1ccccc1F)Nc1ccc(F)cc1F. The molecule has 0 saturated heterocycles. The zero-order valence-electron chi connectivity index (χ0n) is 10.9. The first-order valence-electron chi connectivity index (χ1n) is 6.18. The van der Waals surface area contributed by atoms with Crippen LogP contribution in [0.15, 0.2) is 47.4 Å². The van der Waals surface area contributed by atoms with Crippen molar-refractivity contribution in [1.82, 2.24) is 0 Å². The van der Waals surface area contributed by atoms with Gasteiger partial charge in [-0.15, -0.1) is 11.8 Å². The van der Waals surface area contributed by atoms with Crippen LogP contribution in [0.25, 0.3) is 0 Å². The van der Waals surface area contributed by atoms with Crippen LogP contribution in [0.2, 0.25) is 0 Å². The molecule has 0 aliphatic heterocycles. The molecule has 1 N–H and O–H groups in total. The third-order valence-electron chi connectivity index (χ3n) is 2.63. The topological polar surface area (TPSA) is 29.1 Å². The Kier molecular flexibility index (Phi) is 5.27. The number of amides is 1. The molecule has 21 heavy (non-hydrogen) atoms. The minimum atomic E-state index is -0.829. The molecule has 1 amide bonds. The van der Waals surface area contributed by atoms with Gasteiger partial charge in [0.1, 0.15) is 17.5 Å². The molecule has 0 atom stereocenters. The van der Waals surface area contributed by atoms with E-state index in [-0.39, 0.29) is 17.9 Å². The van der Waals surface area contributed by atoms with Gasteiger partial charge in [-0.05, 0) is 24.3 Å². The number of rotatable bonds is 5. The van der Waals surface area contributed by atoms with E-state index in [1.54, 1.807) is 18.2 Å². The number of halogens is 3. The molecule has 0 heterocycles. The number of benzene rings is 2. The van der Waals surface area contributed by atoms with Gasteiger partial charge in [0.2, 0.25) is 5.91 Å². The Hall–Kier alpha value is -1.95. The molecule has 2 nitrogen and oxygen atoms in total. The number of thioether (sulfide) groups is 1. The molecule has 0 spiro atoms. The first-order valence-corrected chi connectivity index (χ1v) is 7.17. The van der Waals surface area contributed by atoms with Crippen molar-refractivity contribution in [3.8, 4) is 0 Å². The van der Waals surface area contributed by atoms with E-state index in [0.29, 0.717) is 16.7 Å². The van der Waals surface area contributed by atoms with Crippen molar-refractivity contribution in [1.29, 1.82) is 0 Å². The maximum Gasteiger partial charge on any atom is 0.225 e. The zero-order chi connectivity index (χ0) is 15.2. The molecule has 2 rings (SSSR count). The first-order chi connectivity index (χ1) is 10.1. The van der Waals surface area contributed by atoms with Crippen LogP contribution in [0.1, 0.15) is 6.42 Å². The van der Waals surface area contributed by atoms with E-state index in [4.69, 9.17) is 0 Å². The quantitative estimate of drug-likeness (QED) is 0.838. The van der Waals surface area contributed by atoms with E-state index >= 15 is 0 Å². The van der Waals surface area contributed by atoms with E-state index < -0.39 is 17.5 Å². The molecule has 0 saturated carbocycles. The zero-order valence-corrected chi connectivity index (χ0v) is 11.7. The molecule has 0 radical (unpaired) electrons. The number of nitrogens with one attached hydrogen (secondary N) is 1. The number of carbonyl (C=O) groups is 1. The third-order valence-corrected chi connectivity index (χ3v) is 3.68. The minimum Gasteiger partial charge on any atom is -0.324 e. The van der Waals surface area contributed by atoms with Crippen molar-refractivity contribution in [3.05, 3.63) is 59.9 Å². The summed E-state index contributed by atoms with van der Waals surface area (Å²) < 4.78 is 39.4. The van der Waals surface area contributed by atoms with E-state index in [9.17, 15) is 18.0 Å². The maximum absolute atomic E-state index is 13.3. The number of hydrogen-bond donors (Lipinski definition) is 1. The van der Waals surface area contributed by atoms with Crippen LogP contribution in [0.4, 0.5) is 18.9 Å². The standard InChI is InChI=1S/C15H12F3NOS/c16-10-5-6-13(12(18)9-10)19-15(20)7-8-21-14-4-2-1-3-11(14)17/h1-6,9H,7-8H2,(H,19,20). The molecule has 6 heteroatoms. The summed E-state index contributed by atoms with van der Waals surface area (Å²) in [5, 5.41) is 2.35. The van der Waals surface area contributed by atoms with E-state index in [0.717, 1.165) is 12.1 Å². The fourth-order valence-corrected chi connectivity index (χ4v) is 2.51. The summed E-state index contributed by atoms with van der Waals surface area (Å²) in [6.45, 7) is 0. The average Bonchev–Trinajstić information content (AvgIpc) is 2.44. The van der Waals surface area contributed by atoms with Crippen LogP contribution in [-0.4, -0.2) is 11.7 Å². The van der Waals surface area contributed by atoms with Gasteiger partial charge in [0, 0.05) is 23.1 Å². The molecular weight excluding hydrogens is 299 g/mol. The van der Waals surface area contributed by atoms with Crippen molar-refractivity contribution in [2.75, 3.05) is 11.1 Å². The van der Waals surface area contributed by atoms with Gasteiger partial charge in [-0.1, -0.05) is 12.1 Å². The number of anilines is 1. The highest BCUT2D eigenvalue weighted by Crippen LogP contribution is 2.22. The first kappa shape index (κ1) is 15.4. The van der Waals surface area contributed by atoms with Crippen molar-refractivity contribution in [2.45, 2.75) is 11.3 Å². The second kappa shape index (κ2) is 7.17. The normalized spacial score (nSPS) is 10.4. The smallest absolute Gasteiger partial charge is 0.225 e. The van der Waals surface area contributed by atoms with Crippen molar-refractivity contribution in [3.63, 3.8) is 0 Å². The van der Waals surface area contributed by atoms with Crippen LogP contribution < -0.4 is 5.32 Å². The highest BCUT2D eigenvalue weighted by molar-refractivity contribution is 7.99. The Morgan fingerprint density at radius 2 is 1.81 bits per heavy atom. The molecule has 0 aromatic heterocycles. The summed E-state index contributed by atoms with van der Waals surface area (Å²) in [4.78, 5) is 12.1. The van der Waals surface area contributed by atoms with Gasteiger partial charge in [0.15, 0.2) is 0 Å². The van der Waals surface area contributed by atoms with Gasteiger partial charge in [-0.25, -0.2) is 13.2 Å². The monoisotopic (exact) mass is 311 g/mol. The largest absolute Gasteiger partial charge is 0.324 e. The van der Waals surface area contributed by atoms with Crippen LogP contribution in [0.5, 0.6) is 0 Å². The lowest BCUT2D eigenvalue weighted by molar-refractivity contribution is -0.115. The fourth-order valence-electron chi connectivity index (χ4n) is 1.62. The van der Waals surface area contributed by atoms with Gasteiger partial charge in [0.05, 0.1) is 5.69 Å². The summed E-state index contributed by atoms with van der Waals surface area (Å²) in [6.07, 6.45) is 0.0931. The van der Waals surface area contributed by atoms with E-state index in [2.05, 4.69) is 5.32 Å². The number of hydrogen-bond acceptors (Lipinski definition) is 2. The molecule has 0 bridgehead atoms. The molecule has 0 unspecified atom stereocenters. The Morgan fingerprint density at radius 3 is 2.52 bits per heavy atom. The fraction of sp³-hybridized carbons (Fsp3) is 0.133. The molecule has 2 aromatic carbocycles. The van der Waals surface area contributed by atoms with Crippen LogP contribution in [-0.2, 0) is 4.79 Å². The second-order valence-corrected chi connectivity index (χ2v) is 5.34. The van der Waals surface area contributed by atoms with E-state index in [1.807, 2.05) is 0 Å². The van der Waals surface area contributed by atoms with E-state index in [1.165, 1.54) is 17.8 Å². The molecule has 0 fully saturated rings. The molecule has 2 aromatic rings. The van der Waals surface area contributed by atoms with Gasteiger partial charge in [0.25, 0.3) is 0 Å². The van der Waals surface area contributed by atoms with Crippen molar-refractivity contribution < 1.29 is 18.0 Å². The average molecular weight is 311 g/mol. The summed E-state index contributed by atoms with van der Waals surface area (Å²) in [5.41, 5.74) is -0.0720. The molecule has 110 valence electrons. The van der Waals surface area contributed by atoms with Crippen LogP contribution >= 0.6 is 11.8 Å². The highest BCUT2D eigenvalue weighted by Gasteiger charge is 2.09. The van der Waals surface area contributed by atoms with Crippen LogP contribution in [0.3, 0.4) is 0 Å².